The minimum atomic E-state index is -0.535. The van der Waals surface area contributed by atoms with Crippen molar-refractivity contribution in [2.75, 3.05) is 6.54 Å². The molecule has 0 fully saturated rings. The van der Waals surface area contributed by atoms with Gasteiger partial charge in [0.2, 0.25) is 0 Å². The van der Waals surface area contributed by atoms with Gasteiger partial charge >= 0.3 is 0 Å². The van der Waals surface area contributed by atoms with Crippen molar-refractivity contribution in [3.63, 3.8) is 0 Å². The highest BCUT2D eigenvalue weighted by atomic mass is 15.3. The van der Waals surface area contributed by atoms with E-state index in [0.717, 1.165) is 12.2 Å². The highest BCUT2D eigenvalue weighted by Crippen LogP contribution is 2.06. The van der Waals surface area contributed by atoms with Crippen LogP contribution in [0.15, 0.2) is 12.3 Å². The van der Waals surface area contributed by atoms with E-state index in [1.807, 2.05) is 33.0 Å². The van der Waals surface area contributed by atoms with Crippen LogP contribution in [-0.4, -0.2) is 21.9 Å². The summed E-state index contributed by atoms with van der Waals surface area (Å²) >= 11 is 0. The van der Waals surface area contributed by atoms with Crippen molar-refractivity contribution in [3.05, 3.63) is 18.0 Å². The number of likely N-dealkylation sites (N-methyl/N-ethyl adjacent to an activating group) is 1. The third-order valence-electron chi connectivity index (χ3n) is 2.07. The van der Waals surface area contributed by atoms with E-state index in [4.69, 9.17) is 5.26 Å². The van der Waals surface area contributed by atoms with Gasteiger partial charge in [-0.15, -0.1) is 0 Å². The number of hydrogen-bond donors (Lipinski definition) is 1. The predicted molar refractivity (Wildman–Crippen MR) is 54.7 cm³/mol. The Morgan fingerprint density at radius 3 is 2.86 bits per heavy atom. The molecule has 1 unspecified atom stereocenters. The molecule has 76 valence electrons. The predicted octanol–water partition coefficient (Wildman–Crippen LogP) is 1.08. The average Bonchev–Trinajstić information content (AvgIpc) is 2.51. The Kier molecular flexibility index (Phi) is 3.26. The van der Waals surface area contributed by atoms with Gasteiger partial charge in [0.25, 0.3) is 0 Å². The maximum atomic E-state index is 9.03. The van der Waals surface area contributed by atoms with Crippen LogP contribution in [0.2, 0.25) is 0 Å². The summed E-state index contributed by atoms with van der Waals surface area (Å²) in [5.74, 6) is 0. The number of nitrogens with one attached hydrogen (secondary N) is 1. The van der Waals surface area contributed by atoms with E-state index in [-0.39, 0.29) is 0 Å². The highest BCUT2D eigenvalue weighted by molar-refractivity contribution is 5.05. The van der Waals surface area contributed by atoms with Gasteiger partial charge in [-0.25, -0.2) is 0 Å². The summed E-state index contributed by atoms with van der Waals surface area (Å²) in [7, 11) is 0. The van der Waals surface area contributed by atoms with Crippen LogP contribution >= 0.6 is 0 Å². The molecule has 1 heterocycles. The van der Waals surface area contributed by atoms with Gasteiger partial charge in [0, 0.05) is 6.20 Å². The minimum absolute atomic E-state index is 0.535. The van der Waals surface area contributed by atoms with Crippen molar-refractivity contribution in [1.29, 1.82) is 5.26 Å². The second-order valence-corrected chi connectivity index (χ2v) is 3.63. The SMILES string of the molecule is CCNC(C)(C#N)Cn1ccc(C)n1. The summed E-state index contributed by atoms with van der Waals surface area (Å²) in [5.41, 5.74) is 0.439. The Hall–Kier alpha value is -1.34. The zero-order chi connectivity index (χ0) is 10.6. The van der Waals surface area contributed by atoms with Crippen molar-refractivity contribution in [3.8, 4) is 6.07 Å². The largest absolute Gasteiger partial charge is 0.298 e. The molecule has 0 aromatic carbocycles. The Morgan fingerprint density at radius 1 is 1.71 bits per heavy atom. The van der Waals surface area contributed by atoms with Gasteiger partial charge in [0.1, 0.15) is 5.54 Å². The molecule has 0 aliphatic heterocycles. The fourth-order valence-electron chi connectivity index (χ4n) is 1.40. The maximum Gasteiger partial charge on any atom is 0.123 e. The van der Waals surface area contributed by atoms with Gasteiger partial charge in [0.05, 0.1) is 18.3 Å². The van der Waals surface area contributed by atoms with E-state index in [1.54, 1.807) is 4.68 Å². The molecule has 4 nitrogen and oxygen atoms in total. The van der Waals surface area contributed by atoms with Gasteiger partial charge in [-0.3, -0.25) is 10.00 Å². The van der Waals surface area contributed by atoms with Crippen LogP contribution in [0, 0.1) is 18.3 Å². The molecule has 14 heavy (non-hydrogen) atoms. The minimum Gasteiger partial charge on any atom is -0.298 e. The summed E-state index contributed by atoms with van der Waals surface area (Å²) in [6, 6.07) is 4.20. The summed E-state index contributed by atoms with van der Waals surface area (Å²) in [5, 5.41) is 16.4. The lowest BCUT2D eigenvalue weighted by molar-refractivity contribution is 0.377. The molecule has 4 heteroatoms. The molecule has 1 atom stereocenters. The Bertz CT molecular complexity index is 336. The Morgan fingerprint density at radius 2 is 2.43 bits per heavy atom. The Labute approximate surface area is 84.5 Å². The molecule has 0 aliphatic rings. The third-order valence-corrected chi connectivity index (χ3v) is 2.07. The molecule has 1 rings (SSSR count). The third kappa shape index (κ3) is 2.57. The van der Waals surface area contributed by atoms with Gasteiger partial charge in [0.15, 0.2) is 0 Å². The average molecular weight is 192 g/mol. The number of rotatable bonds is 4. The smallest absolute Gasteiger partial charge is 0.123 e. The first-order valence-electron chi connectivity index (χ1n) is 4.76. The van der Waals surface area contributed by atoms with E-state index in [0.29, 0.717) is 6.54 Å². The van der Waals surface area contributed by atoms with Crippen LogP contribution in [0.25, 0.3) is 0 Å². The quantitative estimate of drug-likeness (QED) is 0.776. The van der Waals surface area contributed by atoms with Crippen LogP contribution in [0.4, 0.5) is 0 Å². The first-order chi connectivity index (χ1) is 6.59. The van der Waals surface area contributed by atoms with Crippen molar-refractivity contribution in [2.24, 2.45) is 0 Å². The number of aromatic nitrogens is 2. The van der Waals surface area contributed by atoms with Gasteiger partial charge in [-0.05, 0) is 26.5 Å². The number of nitriles is 1. The fraction of sp³-hybridized carbons (Fsp3) is 0.600. The lowest BCUT2D eigenvalue weighted by Crippen LogP contribution is -2.44. The highest BCUT2D eigenvalue weighted by Gasteiger charge is 2.23. The van der Waals surface area contributed by atoms with Gasteiger partial charge in [-0.2, -0.15) is 10.4 Å². The zero-order valence-electron chi connectivity index (χ0n) is 8.91. The summed E-state index contributed by atoms with van der Waals surface area (Å²) in [4.78, 5) is 0. The second-order valence-electron chi connectivity index (χ2n) is 3.63. The second kappa shape index (κ2) is 4.25. The standard InChI is InChI=1S/C10H16N4/c1-4-12-10(3,7-11)8-14-6-5-9(2)13-14/h5-6,12H,4,8H2,1-3H3. The lowest BCUT2D eigenvalue weighted by Gasteiger charge is -2.22. The molecule has 0 aliphatic carbocycles. The number of hydrogen-bond acceptors (Lipinski definition) is 3. The summed E-state index contributed by atoms with van der Waals surface area (Å²) in [6.07, 6.45) is 1.89. The monoisotopic (exact) mass is 192 g/mol. The number of aryl methyl sites for hydroxylation is 1. The molecule has 1 aromatic rings. The molecule has 1 aromatic heterocycles. The van der Waals surface area contributed by atoms with E-state index >= 15 is 0 Å². The molecule has 0 bridgehead atoms. The topological polar surface area (TPSA) is 53.6 Å². The lowest BCUT2D eigenvalue weighted by atomic mass is 10.1. The molecule has 0 radical (unpaired) electrons. The van der Waals surface area contributed by atoms with E-state index in [9.17, 15) is 0 Å². The molecular weight excluding hydrogens is 176 g/mol. The van der Waals surface area contributed by atoms with Crippen molar-refractivity contribution in [1.82, 2.24) is 15.1 Å². The summed E-state index contributed by atoms with van der Waals surface area (Å²) < 4.78 is 1.79. The van der Waals surface area contributed by atoms with Crippen LogP contribution in [0.1, 0.15) is 19.5 Å². The van der Waals surface area contributed by atoms with Crippen molar-refractivity contribution < 1.29 is 0 Å². The van der Waals surface area contributed by atoms with Crippen molar-refractivity contribution in [2.45, 2.75) is 32.9 Å². The molecule has 0 spiro atoms. The van der Waals surface area contributed by atoms with E-state index < -0.39 is 5.54 Å². The molecular formula is C10H16N4. The van der Waals surface area contributed by atoms with Crippen molar-refractivity contribution >= 4 is 0 Å². The Balaban J connectivity index is 2.71. The van der Waals surface area contributed by atoms with Gasteiger partial charge in [-0.1, -0.05) is 6.92 Å². The summed E-state index contributed by atoms with van der Waals surface area (Å²) in [6.45, 7) is 7.17. The number of nitrogens with zero attached hydrogens (tertiary/aromatic N) is 3. The fourth-order valence-corrected chi connectivity index (χ4v) is 1.40. The van der Waals surface area contributed by atoms with Crippen LogP contribution in [-0.2, 0) is 6.54 Å². The van der Waals surface area contributed by atoms with E-state index in [2.05, 4.69) is 16.5 Å². The molecule has 1 N–H and O–H groups in total. The molecule has 0 amide bonds. The van der Waals surface area contributed by atoms with Crippen LogP contribution in [0.5, 0.6) is 0 Å². The van der Waals surface area contributed by atoms with Gasteiger partial charge < -0.3 is 0 Å². The van der Waals surface area contributed by atoms with Crippen LogP contribution < -0.4 is 5.32 Å². The zero-order valence-corrected chi connectivity index (χ0v) is 8.91. The van der Waals surface area contributed by atoms with E-state index in [1.165, 1.54) is 0 Å². The first kappa shape index (κ1) is 10.7. The molecule has 0 saturated carbocycles. The first-order valence-corrected chi connectivity index (χ1v) is 4.76. The maximum absolute atomic E-state index is 9.03. The molecule has 0 saturated heterocycles. The van der Waals surface area contributed by atoms with Crippen LogP contribution in [0.3, 0.4) is 0 Å². The normalized spacial score (nSPS) is 14.7.